The van der Waals surface area contributed by atoms with E-state index in [1.807, 2.05) is 30.3 Å². The SMILES string of the molecule is CCCCC/C=C\C/C=C\C/C=C\CCCCC(=O)N[C@@H](Cc1ccccc1)C(=O)O. The van der Waals surface area contributed by atoms with Crippen molar-refractivity contribution in [2.24, 2.45) is 0 Å². The molecule has 0 saturated carbocycles. The van der Waals surface area contributed by atoms with Crippen molar-refractivity contribution in [3.05, 3.63) is 72.4 Å². The molecule has 0 aliphatic heterocycles. The monoisotopic (exact) mass is 425 g/mol. The highest BCUT2D eigenvalue weighted by Crippen LogP contribution is 2.06. The maximum absolute atomic E-state index is 12.1. The van der Waals surface area contributed by atoms with Crippen molar-refractivity contribution in [1.82, 2.24) is 5.32 Å². The van der Waals surface area contributed by atoms with E-state index in [4.69, 9.17) is 0 Å². The van der Waals surface area contributed by atoms with Crippen LogP contribution in [0, 0.1) is 0 Å². The van der Waals surface area contributed by atoms with Gasteiger partial charge in [0.25, 0.3) is 0 Å². The van der Waals surface area contributed by atoms with Gasteiger partial charge in [0.2, 0.25) is 5.91 Å². The molecular weight excluding hydrogens is 386 g/mol. The first-order valence-electron chi connectivity index (χ1n) is 11.6. The van der Waals surface area contributed by atoms with Crippen LogP contribution in [0.15, 0.2) is 66.8 Å². The molecule has 0 heterocycles. The summed E-state index contributed by atoms with van der Waals surface area (Å²) in [6, 6.07) is 8.48. The van der Waals surface area contributed by atoms with E-state index in [2.05, 4.69) is 48.7 Å². The standard InChI is InChI=1S/C27H39NO3/c1-2-3-4-5-6-7-8-9-10-11-12-13-14-15-19-22-26(29)28-25(27(30)31)23-24-20-17-16-18-21-24/h6-7,9-10,12-13,16-18,20-21,25H,2-5,8,11,14-15,19,22-23H2,1H3,(H,28,29)(H,30,31)/b7-6-,10-9-,13-12-/t25-/m0/s1. The maximum Gasteiger partial charge on any atom is 0.326 e. The lowest BCUT2D eigenvalue weighted by Crippen LogP contribution is -2.42. The summed E-state index contributed by atoms with van der Waals surface area (Å²) in [5.41, 5.74) is 0.900. The summed E-state index contributed by atoms with van der Waals surface area (Å²) in [6.45, 7) is 2.22. The number of allylic oxidation sites excluding steroid dienone is 6. The number of carboxylic acid groups (broad SMARTS) is 1. The normalized spacial score (nSPS) is 12.7. The number of carboxylic acids is 1. The first-order valence-corrected chi connectivity index (χ1v) is 11.6. The zero-order valence-electron chi connectivity index (χ0n) is 19.0. The van der Waals surface area contributed by atoms with Crippen LogP contribution in [0.25, 0.3) is 0 Å². The van der Waals surface area contributed by atoms with E-state index in [9.17, 15) is 14.7 Å². The Morgan fingerprint density at radius 3 is 2.03 bits per heavy atom. The molecule has 0 bridgehead atoms. The van der Waals surface area contributed by atoms with E-state index >= 15 is 0 Å². The minimum atomic E-state index is -1.000. The molecular formula is C27H39NO3. The van der Waals surface area contributed by atoms with Crippen molar-refractivity contribution in [3.8, 4) is 0 Å². The second-order valence-corrected chi connectivity index (χ2v) is 7.78. The lowest BCUT2D eigenvalue weighted by atomic mass is 10.1. The van der Waals surface area contributed by atoms with Crippen molar-refractivity contribution in [1.29, 1.82) is 0 Å². The van der Waals surface area contributed by atoms with E-state index in [0.717, 1.165) is 37.7 Å². The van der Waals surface area contributed by atoms with Gasteiger partial charge in [0, 0.05) is 12.8 Å². The summed E-state index contributed by atoms with van der Waals surface area (Å²) in [6.07, 6.45) is 23.4. The Morgan fingerprint density at radius 1 is 0.871 bits per heavy atom. The minimum Gasteiger partial charge on any atom is -0.480 e. The smallest absolute Gasteiger partial charge is 0.326 e. The number of carbonyl (C=O) groups is 2. The third-order valence-electron chi connectivity index (χ3n) is 4.96. The molecule has 1 aromatic carbocycles. The lowest BCUT2D eigenvalue weighted by molar-refractivity contribution is -0.141. The van der Waals surface area contributed by atoms with Crippen molar-refractivity contribution >= 4 is 11.9 Å². The van der Waals surface area contributed by atoms with Gasteiger partial charge in [-0.15, -0.1) is 0 Å². The van der Waals surface area contributed by atoms with Crippen LogP contribution in [0.3, 0.4) is 0 Å². The fourth-order valence-corrected chi connectivity index (χ4v) is 3.15. The molecule has 2 N–H and O–H groups in total. The van der Waals surface area contributed by atoms with Gasteiger partial charge in [-0.25, -0.2) is 4.79 Å². The molecule has 4 heteroatoms. The fraction of sp³-hybridized carbons (Fsp3) is 0.481. The number of hydrogen-bond acceptors (Lipinski definition) is 2. The van der Waals surface area contributed by atoms with Crippen molar-refractivity contribution in [2.75, 3.05) is 0 Å². The number of unbranched alkanes of at least 4 members (excludes halogenated alkanes) is 5. The van der Waals surface area contributed by atoms with Crippen LogP contribution in [-0.2, 0) is 16.0 Å². The van der Waals surface area contributed by atoms with Crippen LogP contribution < -0.4 is 5.32 Å². The number of nitrogens with one attached hydrogen (secondary N) is 1. The number of hydrogen-bond donors (Lipinski definition) is 2. The molecule has 1 aromatic rings. The summed E-state index contributed by atoms with van der Waals surface area (Å²) in [7, 11) is 0. The predicted octanol–water partition coefficient (Wildman–Crippen LogP) is 6.39. The van der Waals surface area contributed by atoms with Gasteiger partial charge in [-0.3, -0.25) is 4.79 Å². The Bertz CT molecular complexity index is 692. The molecule has 0 spiro atoms. The number of carbonyl (C=O) groups excluding carboxylic acids is 1. The molecule has 4 nitrogen and oxygen atoms in total. The Hall–Kier alpha value is -2.62. The highest BCUT2D eigenvalue weighted by molar-refractivity contribution is 5.83. The average molecular weight is 426 g/mol. The molecule has 1 rings (SSSR count). The lowest BCUT2D eigenvalue weighted by Gasteiger charge is -2.14. The van der Waals surface area contributed by atoms with Gasteiger partial charge in [0.05, 0.1) is 0 Å². The first-order chi connectivity index (χ1) is 15.1. The summed E-state index contributed by atoms with van der Waals surface area (Å²) in [4.78, 5) is 23.5. The number of amides is 1. The third kappa shape index (κ3) is 14.9. The summed E-state index contributed by atoms with van der Waals surface area (Å²) >= 11 is 0. The molecule has 31 heavy (non-hydrogen) atoms. The molecule has 0 aliphatic carbocycles. The van der Waals surface area contributed by atoms with Gasteiger partial charge in [-0.05, 0) is 50.5 Å². The van der Waals surface area contributed by atoms with Crippen molar-refractivity contribution in [3.63, 3.8) is 0 Å². The van der Waals surface area contributed by atoms with E-state index in [0.29, 0.717) is 12.8 Å². The van der Waals surface area contributed by atoms with Crippen molar-refractivity contribution < 1.29 is 14.7 Å². The number of aliphatic carboxylic acids is 1. The van der Waals surface area contributed by atoms with E-state index in [-0.39, 0.29) is 5.91 Å². The number of rotatable bonds is 17. The molecule has 170 valence electrons. The van der Waals surface area contributed by atoms with Crippen LogP contribution in [0.4, 0.5) is 0 Å². The zero-order valence-corrected chi connectivity index (χ0v) is 19.0. The van der Waals surface area contributed by atoms with E-state index in [1.54, 1.807) is 0 Å². The fourth-order valence-electron chi connectivity index (χ4n) is 3.15. The largest absolute Gasteiger partial charge is 0.480 e. The highest BCUT2D eigenvalue weighted by atomic mass is 16.4. The van der Waals surface area contributed by atoms with Crippen LogP contribution in [-0.4, -0.2) is 23.0 Å². The molecule has 0 aromatic heterocycles. The van der Waals surface area contributed by atoms with Gasteiger partial charge in [-0.1, -0.05) is 86.6 Å². The van der Waals surface area contributed by atoms with Crippen LogP contribution in [0.2, 0.25) is 0 Å². The van der Waals surface area contributed by atoms with E-state index in [1.165, 1.54) is 25.7 Å². The van der Waals surface area contributed by atoms with Gasteiger partial charge < -0.3 is 10.4 Å². The second kappa shape index (κ2) is 18.2. The van der Waals surface area contributed by atoms with E-state index < -0.39 is 12.0 Å². The van der Waals surface area contributed by atoms with Crippen LogP contribution in [0.1, 0.15) is 76.7 Å². The molecule has 0 radical (unpaired) electrons. The van der Waals surface area contributed by atoms with Gasteiger partial charge in [0.1, 0.15) is 6.04 Å². The van der Waals surface area contributed by atoms with Crippen LogP contribution in [0.5, 0.6) is 0 Å². The Labute approximate surface area is 188 Å². The Kier molecular flexibility index (Phi) is 15.5. The molecule has 1 amide bonds. The first kappa shape index (κ1) is 26.4. The summed E-state index contributed by atoms with van der Waals surface area (Å²) in [5, 5.41) is 12.0. The molecule has 0 unspecified atom stereocenters. The van der Waals surface area contributed by atoms with Crippen molar-refractivity contribution in [2.45, 2.75) is 83.6 Å². The average Bonchev–Trinajstić information content (AvgIpc) is 2.76. The van der Waals surface area contributed by atoms with Gasteiger partial charge in [0.15, 0.2) is 0 Å². The summed E-state index contributed by atoms with van der Waals surface area (Å²) < 4.78 is 0. The van der Waals surface area contributed by atoms with Gasteiger partial charge >= 0.3 is 5.97 Å². The highest BCUT2D eigenvalue weighted by Gasteiger charge is 2.19. The second-order valence-electron chi connectivity index (χ2n) is 7.78. The van der Waals surface area contributed by atoms with Gasteiger partial charge in [-0.2, -0.15) is 0 Å². The molecule has 1 atom stereocenters. The zero-order chi connectivity index (χ0) is 22.6. The number of benzene rings is 1. The topological polar surface area (TPSA) is 66.4 Å². The third-order valence-corrected chi connectivity index (χ3v) is 4.96. The predicted molar refractivity (Wildman–Crippen MR) is 129 cm³/mol. The Balaban J connectivity index is 2.09. The minimum absolute atomic E-state index is 0.196. The quantitative estimate of drug-likeness (QED) is 0.224. The molecule has 0 aliphatic rings. The maximum atomic E-state index is 12.1. The summed E-state index contributed by atoms with van der Waals surface area (Å²) in [5.74, 6) is -1.20. The Morgan fingerprint density at radius 2 is 1.45 bits per heavy atom. The molecule has 0 fully saturated rings. The molecule has 0 saturated heterocycles. The van der Waals surface area contributed by atoms with Crippen LogP contribution >= 0.6 is 0 Å².